The van der Waals surface area contributed by atoms with Crippen LogP contribution in [-0.4, -0.2) is 17.9 Å². The van der Waals surface area contributed by atoms with E-state index in [1.165, 1.54) is 12.1 Å². The van der Waals surface area contributed by atoms with Crippen molar-refractivity contribution in [3.05, 3.63) is 71.2 Å². The standard InChI is InChI=1S/C20H20FNO2/c1-3-18-17(16-6-4-5-7-19(16)24-18)13-22(2)20(23)12-14-8-10-15(21)11-9-14/h4-11H,3,12-13H2,1-2H3. The van der Waals surface area contributed by atoms with Gasteiger partial charge >= 0.3 is 0 Å². The van der Waals surface area contributed by atoms with E-state index in [9.17, 15) is 9.18 Å². The van der Waals surface area contributed by atoms with Gasteiger partial charge < -0.3 is 9.32 Å². The van der Waals surface area contributed by atoms with Crippen molar-refractivity contribution in [1.82, 2.24) is 4.90 Å². The number of carbonyl (C=O) groups excluding carboxylic acids is 1. The van der Waals surface area contributed by atoms with Gasteiger partial charge in [-0.15, -0.1) is 0 Å². The zero-order valence-electron chi connectivity index (χ0n) is 13.9. The largest absolute Gasteiger partial charge is 0.461 e. The molecule has 0 unspecified atom stereocenters. The van der Waals surface area contributed by atoms with Crippen LogP contribution in [0.1, 0.15) is 23.8 Å². The van der Waals surface area contributed by atoms with Crippen molar-refractivity contribution in [2.24, 2.45) is 0 Å². The zero-order valence-corrected chi connectivity index (χ0v) is 13.9. The summed E-state index contributed by atoms with van der Waals surface area (Å²) in [6.07, 6.45) is 1.04. The molecule has 1 heterocycles. The van der Waals surface area contributed by atoms with Crippen molar-refractivity contribution < 1.29 is 13.6 Å². The van der Waals surface area contributed by atoms with Crippen molar-refractivity contribution in [3.8, 4) is 0 Å². The first-order valence-electron chi connectivity index (χ1n) is 8.06. The van der Waals surface area contributed by atoms with Gasteiger partial charge in [0.25, 0.3) is 0 Å². The van der Waals surface area contributed by atoms with Crippen LogP contribution < -0.4 is 0 Å². The summed E-state index contributed by atoms with van der Waals surface area (Å²) < 4.78 is 18.8. The summed E-state index contributed by atoms with van der Waals surface area (Å²) >= 11 is 0. The minimum Gasteiger partial charge on any atom is -0.461 e. The molecule has 2 aromatic carbocycles. The summed E-state index contributed by atoms with van der Waals surface area (Å²) in [4.78, 5) is 14.2. The highest BCUT2D eigenvalue weighted by Gasteiger charge is 2.17. The fourth-order valence-corrected chi connectivity index (χ4v) is 2.85. The summed E-state index contributed by atoms with van der Waals surface area (Å²) in [6.45, 7) is 2.54. The van der Waals surface area contributed by atoms with Crippen molar-refractivity contribution in [2.75, 3.05) is 7.05 Å². The molecule has 0 bridgehead atoms. The molecule has 0 fully saturated rings. The first-order valence-corrected chi connectivity index (χ1v) is 8.06. The van der Waals surface area contributed by atoms with E-state index < -0.39 is 0 Å². The summed E-state index contributed by atoms with van der Waals surface area (Å²) in [5, 5.41) is 1.05. The van der Waals surface area contributed by atoms with Crippen LogP contribution in [0.4, 0.5) is 4.39 Å². The van der Waals surface area contributed by atoms with Crippen LogP contribution in [-0.2, 0) is 24.2 Å². The molecule has 3 nitrogen and oxygen atoms in total. The fraction of sp³-hybridized carbons (Fsp3) is 0.250. The number of carbonyl (C=O) groups is 1. The van der Waals surface area contributed by atoms with E-state index >= 15 is 0 Å². The number of aryl methyl sites for hydroxylation is 1. The first-order chi connectivity index (χ1) is 11.6. The third kappa shape index (κ3) is 3.32. The predicted octanol–water partition coefficient (Wildman–Crippen LogP) is 4.34. The molecule has 0 saturated heterocycles. The number of para-hydroxylation sites is 1. The molecule has 4 heteroatoms. The molecule has 0 aliphatic carbocycles. The highest BCUT2D eigenvalue weighted by Crippen LogP contribution is 2.27. The Bertz CT molecular complexity index is 852. The second kappa shape index (κ2) is 6.87. The Hall–Kier alpha value is -2.62. The van der Waals surface area contributed by atoms with Gasteiger partial charge in [0, 0.05) is 31.0 Å². The van der Waals surface area contributed by atoms with Crippen LogP contribution >= 0.6 is 0 Å². The molecule has 0 N–H and O–H groups in total. The molecular formula is C20H20FNO2. The summed E-state index contributed by atoms with van der Waals surface area (Å²) in [7, 11) is 1.78. The Kier molecular flexibility index (Phi) is 4.65. The van der Waals surface area contributed by atoms with Crippen molar-refractivity contribution in [1.29, 1.82) is 0 Å². The van der Waals surface area contributed by atoms with Gasteiger partial charge in [-0.2, -0.15) is 0 Å². The minimum atomic E-state index is -0.294. The normalized spacial score (nSPS) is 11.0. The number of likely N-dealkylation sites (N-methyl/N-ethyl adjacent to an activating group) is 1. The van der Waals surface area contributed by atoms with E-state index in [2.05, 4.69) is 0 Å². The topological polar surface area (TPSA) is 33.5 Å². The molecule has 1 aromatic heterocycles. The Labute approximate surface area is 140 Å². The molecular weight excluding hydrogens is 305 g/mol. The number of furan rings is 1. The molecule has 3 aromatic rings. The number of benzene rings is 2. The fourth-order valence-electron chi connectivity index (χ4n) is 2.85. The van der Waals surface area contributed by atoms with Gasteiger partial charge in [0.2, 0.25) is 5.91 Å². The Morgan fingerprint density at radius 1 is 1.12 bits per heavy atom. The smallest absolute Gasteiger partial charge is 0.227 e. The number of amides is 1. The van der Waals surface area contributed by atoms with Gasteiger partial charge in [-0.25, -0.2) is 4.39 Å². The van der Waals surface area contributed by atoms with Crippen molar-refractivity contribution in [2.45, 2.75) is 26.3 Å². The van der Waals surface area contributed by atoms with E-state index in [0.717, 1.165) is 34.3 Å². The summed E-state index contributed by atoms with van der Waals surface area (Å²) in [6, 6.07) is 13.9. The SMILES string of the molecule is CCc1oc2ccccc2c1CN(C)C(=O)Cc1ccc(F)cc1. The molecule has 0 aliphatic rings. The van der Waals surface area contributed by atoms with Crippen LogP contribution in [0.2, 0.25) is 0 Å². The average Bonchev–Trinajstić information content (AvgIpc) is 2.94. The number of hydrogen-bond acceptors (Lipinski definition) is 2. The van der Waals surface area contributed by atoms with Gasteiger partial charge in [-0.05, 0) is 23.8 Å². The molecule has 3 rings (SSSR count). The molecule has 24 heavy (non-hydrogen) atoms. The van der Waals surface area contributed by atoms with E-state index in [-0.39, 0.29) is 18.1 Å². The van der Waals surface area contributed by atoms with Crippen LogP contribution in [0.15, 0.2) is 52.9 Å². The molecule has 0 aliphatic heterocycles. The van der Waals surface area contributed by atoms with Gasteiger partial charge in [0.15, 0.2) is 0 Å². The third-order valence-electron chi connectivity index (χ3n) is 4.19. The summed E-state index contributed by atoms with van der Waals surface area (Å²) in [5.41, 5.74) is 2.72. The lowest BCUT2D eigenvalue weighted by Crippen LogP contribution is -2.28. The maximum Gasteiger partial charge on any atom is 0.227 e. The van der Waals surface area contributed by atoms with E-state index in [1.54, 1.807) is 24.1 Å². The first kappa shape index (κ1) is 16.2. The van der Waals surface area contributed by atoms with E-state index in [4.69, 9.17) is 4.42 Å². The van der Waals surface area contributed by atoms with Gasteiger partial charge in [-0.3, -0.25) is 4.79 Å². The highest BCUT2D eigenvalue weighted by atomic mass is 19.1. The number of nitrogens with zero attached hydrogens (tertiary/aromatic N) is 1. The van der Waals surface area contributed by atoms with E-state index in [0.29, 0.717) is 6.54 Å². The average molecular weight is 325 g/mol. The van der Waals surface area contributed by atoms with Gasteiger partial charge in [-0.1, -0.05) is 37.3 Å². The summed E-state index contributed by atoms with van der Waals surface area (Å²) in [5.74, 6) is 0.614. The molecule has 0 radical (unpaired) electrons. The maximum absolute atomic E-state index is 13.0. The monoisotopic (exact) mass is 325 g/mol. The number of halogens is 1. The highest BCUT2D eigenvalue weighted by molar-refractivity contribution is 5.83. The third-order valence-corrected chi connectivity index (χ3v) is 4.19. The van der Waals surface area contributed by atoms with Crippen LogP contribution in [0.25, 0.3) is 11.0 Å². The maximum atomic E-state index is 13.0. The molecule has 124 valence electrons. The molecule has 0 spiro atoms. The van der Waals surface area contributed by atoms with Crippen LogP contribution in [0.3, 0.4) is 0 Å². The quantitative estimate of drug-likeness (QED) is 0.699. The second-order valence-corrected chi connectivity index (χ2v) is 5.91. The Balaban J connectivity index is 1.77. The van der Waals surface area contributed by atoms with Crippen molar-refractivity contribution in [3.63, 3.8) is 0 Å². The number of hydrogen-bond donors (Lipinski definition) is 0. The predicted molar refractivity (Wildman–Crippen MR) is 92.2 cm³/mol. The Morgan fingerprint density at radius 2 is 1.83 bits per heavy atom. The lowest BCUT2D eigenvalue weighted by molar-refractivity contribution is -0.129. The van der Waals surface area contributed by atoms with Crippen LogP contribution in [0, 0.1) is 5.82 Å². The van der Waals surface area contributed by atoms with Gasteiger partial charge in [0.1, 0.15) is 17.2 Å². The van der Waals surface area contributed by atoms with Gasteiger partial charge in [0.05, 0.1) is 6.42 Å². The number of rotatable bonds is 5. The lowest BCUT2D eigenvalue weighted by Gasteiger charge is -2.17. The molecule has 0 atom stereocenters. The zero-order chi connectivity index (χ0) is 17.1. The second-order valence-electron chi connectivity index (χ2n) is 5.91. The Morgan fingerprint density at radius 3 is 2.54 bits per heavy atom. The molecule has 1 amide bonds. The van der Waals surface area contributed by atoms with E-state index in [1.807, 2.05) is 31.2 Å². The van der Waals surface area contributed by atoms with Crippen molar-refractivity contribution >= 4 is 16.9 Å². The molecule has 0 saturated carbocycles. The lowest BCUT2D eigenvalue weighted by atomic mass is 10.1. The number of fused-ring (bicyclic) bond motifs is 1. The van der Waals surface area contributed by atoms with Crippen LogP contribution in [0.5, 0.6) is 0 Å². The minimum absolute atomic E-state index is 0.00561.